The van der Waals surface area contributed by atoms with Gasteiger partial charge in [0.25, 0.3) is 0 Å². The molecule has 3 rings (SSSR count). The second kappa shape index (κ2) is 9.93. The van der Waals surface area contributed by atoms with Crippen LogP contribution in [0.25, 0.3) is 0 Å². The fourth-order valence-electron chi connectivity index (χ4n) is 4.17. The molecule has 0 saturated carbocycles. The molecule has 4 amide bonds. The number of amides is 4. The highest BCUT2D eigenvalue weighted by Crippen LogP contribution is 2.28. The van der Waals surface area contributed by atoms with Gasteiger partial charge in [-0.1, -0.05) is 44.2 Å². The number of carbonyl (C=O) groups excluding carboxylic acids is 3. The molecule has 1 aromatic rings. The van der Waals surface area contributed by atoms with Gasteiger partial charge in [-0.05, 0) is 17.9 Å². The fourth-order valence-corrected chi connectivity index (χ4v) is 4.17. The van der Waals surface area contributed by atoms with Gasteiger partial charge >= 0.3 is 6.03 Å². The van der Waals surface area contributed by atoms with Crippen molar-refractivity contribution in [2.24, 2.45) is 5.92 Å². The Morgan fingerprint density at radius 3 is 2.53 bits per heavy atom. The van der Waals surface area contributed by atoms with Crippen molar-refractivity contribution in [1.29, 1.82) is 0 Å². The van der Waals surface area contributed by atoms with E-state index in [1.165, 1.54) is 0 Å². The van der Waals surface area contributed by atoms with Gasteiger partial charge in [0.2, 0.25) is 11.8 Å². The van der Waals surface area contributed by atoms with Crippen molar-refractivity contribution in [2.45, 2.75) is 38.9 Å². The number of benzene rings is 1. The van der Waals surface area contributed by atoms with Gasteiger partial charge in [-0.2, -0.15) is 0 Å². The number of ether oxygens (including phenoxy) is 1. The van der Waals surface area contributed by atoms with Crippen LogP contribution in [0.5, 0.6) is 0 Å². The Labute approximate surface area is 178 Å². The van der Waals surface area contributed by atoms with Crippen LogP contribution in [0.15, 0.2) is 30.3 Å². The van der Waals surface area contributed by atoms with E-state index in [1.54, 1.807) is 21.8 Å². The minimum atomic E-state index is -0.481. The molecule has 2 saturated heterocycles. The SMILES string of the molecule is COCCN1C[C@H]2CN(CC(=O)NCc3ccccc3)C(=O)N2[C@@H](CC(C)C)C1=O. The summed E-state index contributed by atoms with van der Waals surface area (Å²) in [5.74, 6) is 0.0498. The van der Waals surface area contributed by atoms with E-state index in [1.807, 2.05) is 44.2 Å². The lowest BCUT2D eigenvalue weighted by Gasteiger charge is -2.42. The van der Waals surface area contributed by atoms with Gasteiger partial charge in [0.05, 0.1) is 12.6 Å². The van der Waals surface area contributed by atoms with E-state index >= 15 is 0 Å². The van der Waals surface area contributed by atoms with Crippen LogP contribution >= 0.6 is 0 Å². The highest BCUT2D eigenvalue weighted by atomic mass is 16.5. The Kier molecular flexibility index (Phi) is 7.31. The van der Waals surface area contributed by atoms with Crippen LogP contribution in [0, 0.1) is 5.92 Å². The maximum absolute atomic E-state index is 13.1. The minimum absolute atomic E-state index is 0.000668. The largest absolute Gasteiger partial charge is 0.383 e. The van der Waals surface area contributed by atoms with Crippen LogP contribution in [0.3, 0.4) is 0 Å². The van der Waals surface area contributed by atoms with Gasteiger partial charge in [0.15, 0.2) is 0 Å². The molecule has 2 aliphatic rings. The standard InChI is InChI=1S/C22H32N4O4/c1-16(2)11-19-21(28)24(9-10-30-3)13-18-14-25(22(29)26(18)19)15-20(27)23-12-17-7-5-4-6-8-17/h4-8,16,18-19H,9-15H2,1-3H3,(H,23,27)/t18-,19-/m0/s1. The number of fused-ring (bicyclic) bond motifs is 1. The third kappa shape index (κ3) is 5.11. The van der Waals surface area contributed by atoms with E-state index in [9.17, 15) is 14.4 Å². The number of methoxy groups -OCH3 is 1. The molecule has 0 unspecified atom stereocenters. The Morgan fingerprint density at radius 2 is 1.87 bits per heavy atom. The molecule has 0 aromatic heterocycles. The molecule has 2 atom stereocenters. The average molecular weight is 417 g/mol. The smallest absolute Gasteiger partial charge is 0.321 e. The average Bonchev–Trinajstić information content (AvgIpc) is 3.02. The van der Waals surface area contributed by atoms with E-state index in [0.717, 1.165) is 5.56 Å². The maximum atomic E-state index is 13.1. The first-order chi connectivity index (χ1) is 14.4. The molecule has 1 N–H and O–H groups in total. The van der Waals surface area contributed by atoms with Crippen molar-refractivity contribution in [2.75, 3.05) is 39.9 Å². The zero-order valence-corrected chi connectivity index (χ0v) is 18.0. The van der Waals surface area contributed by atoms with Gasteiger partial charge < -0.3 is 24.8 Å². The first-order valence-corrected chi connectivity index (χ1v) is 10.6. The number of hydrogen-bond acceptors (Lipinski definition) is 4. The number of urea groups is 1. The summed E-state index contributed by atoms with van der Waals surface area (Å²) in [4.78, 5) is 43.6. The molecular weight excluding hydrogens is 384 g/mol. The first-order valence-electron chi connectivity index (χ1n) is 10.6. The minimum Gasteiger partial charge on any atom is -0.383 e. The summed E-state index contributed by atoms with van der Waals surface area (Å²) in [7, 11) is 1.61. The quantitative estimate of drug-likeness (QED) is 0.658. The van der Waals surface area contributed by atoms with Crippen LogP contribution in [-0.4, -0.2) is 84.5 Å². The number of hydrogen-bond donors (Lipinski definition) is 1. The van der Waals surface area contributed by atoms with Crippen molar-refractivity contribution < 1.29 is 19.1 Å². The van der Waals surface area contributed by atoms with E-state index < -0.39 is 6.04 Å². The van der Waals surface area contributed by atoms with E-state index in [4.69, 9.17) is 4.74 Å². The summed E-state index contributed by atoms with van der Waals surface area (Å²) >= 11 is 0. The number of rotatable bonds is 9. The second-order valence-electron chi connectivity index (χ2n) is 8.41. The summed E-state index contributed by atoms with van der Waals surface area (Å²) in [6.45, 7) is 6.42. The normalized spacial score (nSPS) is 21.4. The Hall–Kier alpha value is -2.61. The number of nitrogens with zero attached hydrogens (tertiary/aromatic N) is 3. The Bertz CT molecular complexity index is 755. The molecule has 0 aliphatic carbocycles. The lowest BCUT2D eigenvalue weighted by Crippen LogP contribution is -2.61. The van der Waals surface area contributed by atoms with Crippen LogP contribution in [0.4, 0.5) is 4.79 Å². The van der Waals surface area contributed by atoms with Crippen molar-refractivity contribution in [1.82, 2.24) is 20.0 Å². The summed E-state index contributed by atoms with van der Waals surface area (Å²) < 4.78 is 5.14. The van der Waals surface area contributed by atoms with Crippen LogP contribution in [0.2, 0.25) is 0 Å². The van der Waals surface area contributed by atoms with Gasteiger partial charge in [-0.25, -0.2) is 4.79 Å². The lowest BCUT2D eigenvalue weighted by atomic mass is 9.97. The molecule has 164 valence electrons. The second-order valence-corrected chi connectivity index (χ2v) is 8.41. The number of carbonyl (C=O) groups is 3. The Balaban J connectivity index is 1.65. The van der Waals surface area contributed by atoms with Gasteiger partial charge in [-0.3, -0.25) is 9.59 Å². The molecule has 2 aliphatic heterocycles. The fraction of sp³-hybridized carbons (Fsp3) is 0.591. The Morgan fingerprint density at radius 1 is 1.17 bits per heavy atom. The van der Waals surface area contributed by atoms with Gasteiger partial charge in [0, 0.05) is 33.3 Å². The molecule has 30 heavy (non-hydrogen) atoms. The van der Waals surface area contributed by atoms with Crippen LogP contribution < -0.4 is 5.32 Å². The predicted molar refractivity (Wildman–Crippen MR) is 113 cm³/mol. The molecule has 2 fully saturated rings. The molecular formula is C22H32N4O4. The van der Waals surface area contributed by atoms with Crippen molar-refractivity contribution >= 4 is 17.8 Å². The van der Waals surface area contributed by atoms with Crippen molar-refractivity contribution in [3.05, 3.63) is 35.9 Å². The highest BCUT2D eigenvalue weighted by Gasteiger charge is 2.49. The first kappa shape index (κ1) is 22.1. The van der Waals surface area contributed by atoms with Gasteiger partial charge in [-0.15, -0.1) is 0 Å². The summed E-state index contributed by atoms with van der Waals surface area (Å²) in [6.07, 6.45) is 0.610. The van der Waals surface area contributed by atoms with Crippen molar-refractivity contribution in [3.8, 4) is 0 Å². The van der Waals surface area contributed by atoms with E-state index in [2.05, 4.69) is 5.32 Å². The maximum Gasteiger partial charge on any atom is 0.321 e. The molecule has 0 spiro atoms. The predicted octanol–water partition coefficient (Wildman–Crippen LogP) is 1.31. The summed E-state index contributed by atoms with van der Waals surface area (Å²) in [5, 5.41) is 2.87. The molecule has 0 bridgehead atoms. The van der Waals surface area contributed by atoms with Gasteiger partial charge in [0.1, 0.15) is 12.6 Å². The number of nitrogens with one attached hydrogen (secondary N) is 1. The summed E-state index contributed by atoms with van der Waals surface area (Å²) in [6, 6.07) is 8.85. The van der Waals surface area contributed by atoms with Crippen LogP contribution in [-0.2, 0) is 20.9 Å². The zero-order chi connectivity index (χ0) is 21.7. The topological polar surface area (TPSA) is 82.2 Å². The molecule has 8 heteroatoms. The summed E-state index contributed by atoms with van der Waals surface area (Å²) in [5.41, 5.74) is 1.01. The molecule has 2 heterocycles. The molecule has 0 radical (unpaired) electrons. The number of piperazine rings is 1. The monoisotopic (exact) mass is 416 g/mol. The highest BCUT2D eigenvalue weighted by molar-refractivity contribution is 5.91. The third-order valence-corrected chi connectivity index (χ3v) is 5.61. The molecule has 1 aromatic carbocycles. The molecule has 8 nitrogen and oxygen atoms in total. The zero-order valence-electron chi connectivity index (χ0n) is 18.0. The van der Waals surface area contributed by atoms with Crippen LogP contribution in [0.1, 0.15) is 25.8 Å². The third-order valence-electron chi connectivity index (χ3n) is 5.61. The van der Waals surface area contributed by atoms with Crippen molar-refractivity contribution in [3.63, 3.8) is 0 Å². The van der Waals surface area contributed by atoms with E-state index in [0.29, 0.717) is 39.2 Å². The lowest BCUT2D eigenvalue weighted by molar-refractivity contribution is -0.143. The van der Waals surface area contributed by atoms with E-state index in [-0.39, 0.29) is 36.3 Å².